The van der Waals surface area contributed by atoms with Crippen LogP contribution in [0.3, 0.4) is 0 Å². The molecule has 0 aliphatic rings. The summed E-state index contributed by atoms with van der Waals surface area (Å²) in [5.74, 6) is 1.27. The lowest BCUT2D eigenvalue weighted by Crippen LogP contribution is -2.33. The van der Waals surface area contributed by atoms with Crippen LogP contribution >= 0.6 is 11.3 Å². The molecule has 3 aromatic rings. The van der Waals surface area contributed by atoms with Gasteiger partial charge in [-0.05, 0) is 44.9 Å². The average molecular weight is 438 g/mol. The lowest BCUT2D eigenvalue weighted by atomic mass is 10.1. The van der Waals surface area contributed by atoms with Gasteiger partial charge < -0.3 is 9.47 Å². The molecule has 10 heteroatoms. The summed E-state index contributed by atoms with van der Waals surface area (Å²) in [5.41, 5.74) is 0.477. The predicted octanol–water partition coefficient (Wildman–Crippen LogP) is 2.38. The molecular weight excluding hydrogens is 414 g/mol. The van der Waals surface area contributed by atoms with Crippen LogP contribution in [0.2, 0.25) is 0 Å². The number of aromatic nitrogens is 2. The molecule has 0 amide bonds. The molecule has 0 bridgehead atoms. The van der Waals surface area contributed by atoms with Crippen molar-refractivity contribution in [3.8, 4) is 11.5 Å². The average Bonchev–Trinajstić information content (AvgIpc) is 3.12. The second-order valence-electron chi connectivity index (χ2n) is 6.18. The summed E-state index contributed by atoms with van der Waals surface area (Å²) in [6.45, 7) is 6.46. The first-order valence-corrected chi connectivity index (χ1v) is 11.6. The SMILES string of the molecule is CCOc1ccc(CCNS(=O)(=O)c2c(C)nc3sccn3c2=O)cc1OCC. The van der Waals surface area contributed by atoms with E-state index in [1.165, 1.54) is 28.9 Å². The largest absolute Gasteiger partial charge is 0.490 e. The molecule has 0 radical (unpaired) electrons. The molecule has 0 aliphatic carbocycles. The van der Waals surface area contributed by atoms with Crippen LogP contribution in [0.4, 0.5) is 0 Å². The topological polar surface area (TPSA) is 99.0 Å². The van der Waals surface area contributed by atoms with Crippen LogP contribution in [0.15, 0.2) is 39.5 Å². The number of nitrogens with zero attached hydrogens (tertiary/aromatic N) is 2. The Morgan fingerprint density at radius 2 is 1.90 bits per heavy atom. The summed E-state index contributed by atoms with van der Waals surface area (Å²) in [4.78, 5) is 16.9. The lowest BCUT2D eigenvalue weighted by molar-refractivity contribution is 0.287. The minimum atomic E-state index is -4.00. The van der Waals surface area contributed by atoms with Crippen molar-refractivity contribution in [3.05, 3.63) is 51.4 Å². The zero-order valence-electron chi connectivity index (χ0n) is 16.5. The van der Waals surface area contributed by atoms with Crippen molar-refractivity contribution in [3.63, 3.8) is 0 Å². The molecule has 0 fully saturated rings. The summed E-state index contributed by atoms with van der Waals surface area (Å²) < 4.78 is 40.3. The van der Waals surface area contributed by atoms with E-state index in [2.05, 4.69) is 9.71 Å². The first-order valence-electron chi connectivity index (χ1n) is 9.22. The molecule has 0 saturated heterocycles. The summed E-state index contributed by atoms with van der Waals surface area (Å²) in [5, 5.41) is 1.69. The van der Waals surface area contributed by atoms with Crippen LogP contribution in [0.5, 0.6) is 11.5 Å². The van der Waals surface area contributed by atoms with E-state index in [0.717, 1.165) is 5.56 Å². The highest BCUT2D eigenvalue weighted by molar-refractivity contribution is 7.89. The molecule has 2 heterocycles. The van der Waals surface area contributed by atoms with Gasteiger partial charge in [0.15, 0.2) is 21.4 Å². The van der Waals surface area contributed by atoms with Gasteiger partial charge in [0, 0.05) is 18.1 Å². The number of thiazole rings is 1. The lowest BCUT2D eigenvalue weighted by Gasteiger charge is -2.13. The summed E-state index contributed by atoms with van der Waals surface area (Å²) in [6.07, 6.45) is 1.95. The molecule has 8 nitrogen and oxygen atoms in total. The smallest absolute Gasteiger partial charge is 0.279 e. The maximum atomic E-state index is 12.7. The van der Waals surface area contributed by atoms with Crippen molar-refractivity contribution in [2.75, 3.05) is 19.8 Å². The highest BCUT2D eigenvalue weighted by atomic mass is 32.2. The van der Waals surface area contributed by atoms with E-state index in [1.54, 1.807) is 5.38 Å². The minimum Gasteiger partial charge on any atom is -0.490 e. The predicted molar refractivity (Wildman–Crippen MR) is 112 cm³/mol. The van der Waals surface area contributed by atoms with Crippen LogP contribution in [-0.2, 0) is 16.4 Å². The number of sulfonamides is 1. The van der Waals surface area contributed by atoms with E-state index in [1.807, 2.05) is 32.0 Å². The molecule has 0 unspecified atom stereocenters. The van der Waals surface area contributed by atoms with Gasteiger partial charge in [-0.15, -0.1) is 11.3 Å². The molecule has 29 heavy (non-hydrogen) atoms. The molecule has 0 spiro atoms. The van der Waals surface area contributed by atoms with Gasteiger partial charge in [0.2, 0.25) is 10.0 Å². The molecular formula is C19H23N3O5S2. The van der Waals surface area contributed by atoms with Gasteiger partial charge in [0.25, 0.3) is 5.56 Å². The van der Waals surface area contributed by atoms with Crippen molar-refractivity contribution < 1.29 is 17.9 Å². The fourth-order valence-corrected chi connectivity index (χ4v) is 4.96. The number of nitrogens with one attached hydrogen (secondary N) is 1. The maximum Gasteiger partial charge on any atom is 0.279 e. The van der Waals surface area contributed by atoms with Crippen molar-refractivity contribution in [2.24, 2.45) is 0 Å². The van der Waals surface area contributed by atoms with Crippen LogP contribution in [0, 0.1) is 6.92 Å². The Morgan fingerprint density at radius 1 is 1.17 bits per heavy atom. The van der Waals surface area contributed by atoms with Gasteiger partial charge in [0.05, 0.1) is 18.9 Å². The number of hydrogen-bond donors (Lipinski definition) is 1. The van der Waals surface area contributed by atoms with Gasteiger partial charge in [0.1, 0.15) is 0 Å². The van der Waals surface area contributed by atoms with E-state index < -0.39 is 15.6 Å². The second kappa shape index (κ2) is 8.93. The summed E-state index contributed by atoms with van der Waals surface area (Å²) in [6, 6.07) is 5.51. The zero-order chi connectivity index (χ0) is 21.0. The highest BCUT2D eigenvalue weighted by Gasteiger charge is 2.23. The number of fused-ring (bicyclic) bond motifs is 1. The summed E-state index contributed by atoms with van der Waals surface area (Å²) >= 11 is 1.27. The normalized spacial score (nSPS) is 11.7. The second-order valence-corrected chi connectivity index (χ2v) is 8.76. The van der Waals surface area contributed by atoms with E-state index in [9.17, 15) is 13.2 Å². The van der Waals surface area contributed by atoms with Crippen LogP contribution in [0.25, 0.3) is 4.96 Å². The molecule has 1 aromatic carbocycles. The van der Waals surface area contributed by atoms with Crippen molar-refractivity contribution >= 4 is 26.3 Å². The summed E-state index contributed by atoms with van der Waals surface area (Å²) in [7, 11) is -4.00. The Balaban J connectivity index is 1.76. The Bertz CT molecular complexity index is 1170. The third-order valence-electron chi connectivity index (χ3n) is 4.18. The molecule has 156 valence electrons. The van der Waals surface area contributed by atoms with Crippen LogP contribution in [0.1, 0.15) is 25.1 Å². The quantitative estimate of drug-likeness (QED) is 0.552. The maximum absolute atomic E-state index is 12.7. The fourth-order valence-electron chi connectivity index (χ4n) is 2.93. The molecule has 3 rings (SSSR count). The van der Waals surface area contributed by atoms with E-state index in [0.29, 0.717) is 36.1 Å². The first-order chi connectivity index (χ1) is 13.9. The molecule has 0 atom stereocenters. The molecule has 0 saturated carbocycles. The van der Waals surface area contributed by atoms with Gasteiger partial charge in [-0.1, -0.05) is 6.07 Å². The van der Waals surface area contributed by atoms with Gasteiger partial charge in [-0.25, -0.2) is 18.1 Å². The van der Waals surface area contributed by atoms with Gasteiger partial charge in [-0.2, -0.15) is 0 Å². The monoisotopic (exact) mass is 437 g/mol. The van der Waals surface area contributed by atoms with E-state index in [4.69, 9.17) is 9.47 Å². The Labute approximate surface area is 173 Å². The van der Waals surface area contributed by atoms with Gasteiger partial charge >= 0.3 is 0 Å². The van der Waals surface area contributed by atoms with Gasteiger partial charge in [-0.3, -0.25) is 9.20 Å². The molecule has 0 aliphatic heterocycles. The van der Waals surface area contributed by atoms with Crippen molar-refractivity contribution in [2.45, 2.75) is 32.1 Å². The number of ether oxygens (including phenoxy) is 2. The highest BCUT2D eigenvalue weighted by Crippen LogP contribution is 2.28. The Kier molecular flexibility index (Phi) is 6.56. The Hall–Kier alpha value is -2.43. The first kappa shape index (κ1) is 21.3. The van der Waals surface area contributed by atoms with E-state index >= 15 is 0 Å². The third kappa shape index (κ3) is 4.60. The van der Waals surface area contributed by atoms with Crippen LogP contribution in [-0.4, -0.2) is 37.6 Å². The zero-order valence-corrected chi connectivity index (χ0v) is 18.1. The third-order valence-corrected chi connectivity index (χ3v) is 6.53. The number of hydrogen-bond acceptors (Lipinski definition) is 7. The molecule has 1 N–H and O–H groups in total. The minimum absolute atomic E-state index is 0.132. The number of rotatable bonds is 9. The van der Waals surface area contributed by atoms with Crippen molar-refractivity contribution in [1.82, 2.24) is 14.1 Å². The van der Waals surface area contributed by atoms with Crippen LogP contribution < -0.4 is 19.8 Å². The van der Waals surface area contributed by atoms with E-state index in [-0.39, 0.29) is 17.1 Å². The standard InChI is InChI=1S/C19H23N3O5S2/c1-4-26-15-7-6-14(12-16(15)27-5-2)8-9-20-29(24,25)17-13(3)21-19-22(18(17)23)10-11-28-19/h6-7,10-12,20H,4-5,8-9H2,1-3H3. The number of aryl methyl sites for hydroxylation is 1. The van der Waals surface area contributed by atoms with Crippen molar-refractivity contribution in [1.29, 1.82) is 0 Å². The fraction of sp³-hybridized carbons (Fsp3) is 0.368. The molecule has 2 aromatic heterocycles. The Morgan fingerprint density at radius 3 is 2.62 bits per heavy atom. The number of benzene rings is 1.